The number of nitrogens with one attached hydrogen (secondary N) is 2. The molecular formula is C14H14IN3O2S. The quantitative estimate of drug-likeness (QED) is 0.753. The topological polar surface area (TPSA) is 71.1 Å². The van der Waals surface area contributed by atoms with E-state index in [-0.39, 0.29) is 11.8 Å². The Kier molecular flexibility index (Phi) is 4.94. The standard InChI is InChI=1S/C14H14IN3O2S/c1-7-8(2)21-14(16-7)18-13(20)11-5-4-10(15)6-12(11)17-9(3)19/h4-6H,1-3H3,(H,17,19)(H,16,18,20). The molecule has 0 aliphatic carbocycles. The number of hydrogen-bond donors (Lipinski definition) is 2. The molecule has 0 bridgehead atoms. The Morgan fingerprint density at radius 3 is 2.52 bits per heavy atom. The van der Waals surface area contributed by atoms with Crippen LogP contribution in [0.2, 0.25) is 0 Å². The number of carbonyl (C=O) groups is 2. The van der Waals surface area contributed by atoms with Gasteiger partial charge in [-0.25, -0.2) is 4.98 Å². The Morgan fingerprint density at radius 1 is 1.24 bits per heavy atom. The van der Waals surface area contributed by atoms with E-state index in [1.54, 1.807) is 12.1 Å². The molecule has 0 saturated heterocycles. The third-order valence-electron chi connectivity index (χ3n) is 2.79. The minimum absolute atomic E-state index is 0.216. The smallest absolute Gasteiger partial charge is 0.259 e. The predicted octanol–water partition coefficient (Wildman–Crippen LogP) is 3.58. The van der Waals surface area contributed by atoms with Crippen molar-refractivity contribution in [1.82, 2.24) is 4.98 Å². The number of halogens is 1. The molecule has 2 rings (SSSR count). The van der Waals surface area contributed by atoms with Crippen LogP contribution in [0.25, 0.3) is 0 Å². The maximum Gasteiger partial charge on any atom is 0.259 e. The van der Waals surface area contributed by atoms with E-state index in [2.05, 4.69) is 38.2 Å². The van der Waals surface area contributed by atoms with E-state index >= 15 is 0 Å². The fourth-order valence-electron chi connectivity index (χ4n) is 1.70. The Morgan fingerprint density at radius 2 is 1.95 bits per heavy atom. The number of aryl methyl sites for hydroxylation is 2. The van der Waals surface area contributed by atoms with Gasteiger partial charge >= 0.3 is 0 Å². The Labute approximate surface area is 140 Å². The highest BCUT2D eigenvalue weighted by molar-refractivity contribution is 14.1. The lowest BCUT2D eigenvalue weighted by molar-refractivity contribution is -0.114. The molecule has 2 amide bonds. The third-order valence-corrected chi connectivity index (χ3v) is 4.45. The molecule has 110 valence electrons. The molecule has 0 aliphatic rings. The molecule has 0 radical (unpaired) electrons. The summed E-state index contributed by atoms with van der Waals surface area (Å²) in [6.45, 7) is 5.26. The van der Waals surface area contributed by atoms with Gasteiger partial charge < -0.3 is 5.32 Å². The first kappa shape index (κ1) is 15.9. The second-order valence-electron chi connectivity index (χ2n) is 4.49. The molecular weight excluding hydrogens is 401 g/mol. The summed E-state index contributed by atoms with van der Waals surface area (Å²) in [5.41, 5.74) is 1.81. The summed E-state index contributed by atoms with van der Waals surface area (Å²) in [4.78, 5) is 28.9. The van der Waals surface area contributed by atoms with Crippen molar-refractivity contribution in [2.45, 2.75) is 20.8 Å². The highest BCUT2D eigenvalue weighted by Gasteiger charge is 2.15. The Bertz CT molecular complexity index is 693. The van der Waals surface area contributed by atoms with Crippen molar-refractivity contribution >= 4 is 56.6 Å². The molecule has 0 atom stereocenters. The lowest BCUT2D eigenvalue weighted by atomic mass is 10.1. The summed E-state index contributed by atoms with van der Waals surface area (Å²) < 4.78 is 0.939. The number of rotatable bonds is 3. The van der Waals surface area contributed by atoms with E-state index in [4.69, 9.17) is 0 Å². The van der Waals surface area contributed by atoms with Crippen LogP contribution in [0.1, 0.15) is 27.9 Å². The highest BCUT2D eigenvalue weighted by Crippen LogP contribution is 2.24. The molecule has 21 heavy (non-hydrogen) atoms. The summed E-state index contributed by atoms with van der Waals surface area (Å²) in [7, 11) is 0. The van der Waals surface area contributed by atoms with Crippen LogP contribution < -0.4 is 10.6 Å². The van der Waals surface area contributed by atoms with Gasteiger partial charge in [-0.05, 0) is 54.6 Å². The lowest BCUT2D eigenvalue weighted by Crippen LogP contribution is -2.16. The van der Waals surface area contributed by atoms with Crippen molar-refractivity contribution in [3.8, 4) is 0 Å². The van der Waals surface area contributed by atoms with E-state index in [0.29, 0.717) is 16.4 Å². The molecule has 0 saturated carbocycles. The molecule has 7 heteroatoms. The van der Waals surface area contributed by atoms with Crippen LogP contribution >= 0.6 is 33.9 Å². The molecule has 5 nitrogen and oxygen atoms in total. The van der Waals surface area contributed by atoms with Crippen LogP contribution in [0.5, 0.6) is 0 Å². The van der Waals surface area contributed by atoms with Crippen molar-refractivity contribution < 1.29 is 9.59 Å². The largest absolute Gasteiger partial charge is 0.326 e. The number of thiazole rings is 1. The molecule has 0 aliphatic heterocycles. The van der Waals surface area contributed by atoms with E-state index < -0.39 is 0 Å². The van der Waals surface area contributed by atoms with Crippen molar-refractivity contribution in [3.63, 3.8) is 0 Å². The molecule has 0 fully saturated rings. The minimum atomic E-state index is -0.288. The maximum absolute atomic E-state index is 12.4. The second kappa shape index (κ2) is 6.52. The van der Waals surface area contributed by atoms with Crippen LogP contribution in [-0.2, 0) is 4.79 Å². The fraction of sp³-hybridized carbons (Fsp3) is 0.214. The molecule has 1 heterocycles. The predicted molar refractivity (Wildman–Crippen MR) is 93.0 cm³/mol. The SMILES string of the molecule is CC(=O)Nc1cc(I)ccc1C(=O)Nc1nc(C)c(C)s1. The summed E-state index contributed by atoms with van der Waals surface area (Å²) in [6.07, 6.45) is 0. The molecule has 2 N–H and O–H groups in total. The van der Waals surface area contributed by atoms with Crippen molar-refractivity contribution in [3.05, 3.63) is 37.9 Å². The van der Waals surface area contributed by atoms with Gasteiger partial charge in [0, 0.05) is 15.4 Å². The number of hydrogen-bond acceptors (Lipinski definition) is 4. The van der Waals surface area contributed by atoms with Gasteiger partial charge in [-0.15, -0.1) is 11.3 Å². The van der Waals surface area contributed by atoms with Gasteiger partial charge in [-0.2, -0.15) is 0 Å². The number of anilines is 2. The molecule has 0 spiro atoms. The van der Waals surface area contributed by atoms with Gasteiger partial charge in [0.1, 0.15) is 0 Å². The normalized spacial score (nSPS) is 10.3. The van der Waals surface area contributed by atoms with Crippen LogP contribution in [0.4, 0.5) is 10.8 Å². The van der Waals surface area contributed by atoms with Crippen molar-refractivity contribution in [2.24, 2.45) is 0 Å². The number of aromatic nitrogens is 1. The average Bonchev–Trinajstić information content (AvgIpc) is 2.67. The van der Waals surface area contributed by atoms with Crippen LogP contribution in [0.3, 0.4) is 0 Å². The van der Waals surface area contributed by atoms with Crippen LogP contribution in [0.15, 0.2) is 18.2 Å². The van der Waals surface area contributed by atoms with Gasteiger partial charge in [-0.1, -0.05) is 0 Å². The third kappa shape index (κ3) is 4.01. The van der Waals surface area contributed by atoms with Gasteiger partial charge in [0.25, 0.3) is 5.91 Å². The summed E-state index contributed by atoms with van der Waals surface area (Å²) in [6, 6.07) is 5.27. The van der Waals surface area contributed by atoms with E-state index in [9.17, 15) is 9.59 Å². The first-order valence-corrected chi connectivity index (χ1v) is 8.09. The zero-order chi connectivity index (χ0) is 15.6. The molecule has 0 unspecified atom stereocenters. The van der Waals surface area contributed by atoms with Gasteiger partial charge in [-0.3, -0.25) is 14.9 Å². The monoisotopic (exact) mass is 415 g/mol. The van der Waals surface area contributed by atoms with Gasteiger partial charge in [0.05, 0.1) is 16.9 Å². The number of amides is 2. The van der Waals surface area contributed by atoms with E-state index in [1.807, 2.05) is 19.9 Å². The first-order valence-electron chi connectivity index (χ1n) is 6.19. The first-order chi connectivity index (χ1) is 9.86. The minimum Gasteiger partial charge on any atom is -0.326 e. The molecule has 1 aromatic carbocycles. The number of carbonyl (C=O) groups excluding carboxylic acids is 2. The van der Waals surface area contributed by atoms with E-state index in [1.165, 1.54) is 18.3 Å². The summed E-state index contributed by atoms with van der Waals surface area (Å²) >= 11 is 3.56. The number of benzene rings is 1. The molecule has 2 aromatic rings. The zero-order valence-electron chi connectivity index (χ0n) is 11.8. The summed E-state index contributed by atoms with van der Waals surface area (Å²) in [5, 5.41) is 6.00. The zero-order valence-corrected chi connectivity index (χ0v) is 14.8. The summed E-state index contributed by atoms with van der Waals surface area (Å²) in [5.74, 6) is -0.504. The Hall–Kier alpha value is -1.48. The number of nitrogens with zero attached hydrogens (tertiary/aromatic N) is 1. The maximum atomic E-state index is 12.4. The molecule has 1 aromatic heterocycles. The van der Waals surface area contributed by atoms with Gasteiger partial charge in [0.15, 0.2) is 5.13 Å². The highest BCUT2D eigenvalue weighted by atomic mass is 127. The van der Waals surface area contributed by atoms with Crippen molar-refractivity contribution in [1.29, 1.82) is 0 Å². The average molecular weight is 415 g/mol. The fourth-order valence-corrected chi connectivity index (χ4v) is 3.00. The second-order valence-corrected chi connectivity index (χ2v) is 6.93. The van der Waals surface area contributed by atoms with E-state index in [0.717, 1.165) is 14.1 Å². The Balaban J connectivity index is 2.27. The van der Waals surface area contributed by atoms with Crippen molar-refractivity contribution in [2.75, 3.05) is 10.6 Å². The lowest BCUT2D eigenvalue weighted by Gasteiger charge is -2.09. The van der Waals surface area contributed by atoms with Crippen LogP contribution in [-0.4, -0.2) is 16.8 Å². The van der Waals surface area contributed by atoms with Crippen LogP contribution in [0, 0.1) is 17.4 Å². The van der Waals surface area contributed by atoms with Gasteiger partial charge in [0.2, 0.25) is 5.91 Å².